The molecule has 0 saturated carbocycles. The number of methoxy groups -OCH3 is 1. The second-order valence-electron chi connectivity index (χ2n) is 6.66. The Kier molecular flexibility index (Phi) is 7.94. The number of hydrogen-bond donors (Lipinski definition) is 3. The summed E-state index contributed by atoms with van der Waals surface area (Å²) >= 11 is 0. The molecule has 1 amide bonds. The van der Waals surface area contributed by atoms with Crippen LogP contribution in [0.4, 0.5) is 0 Å². The highest BCUT2D eigenvalue weighted by molar-refractivity contribution is 5.94. The third kappa shape index (κ3) is 6.02. The van der Waals surface area contributed by atoms with Crippen molar-refractivity contribution in [1.29, 1.82) is 0 Å². The third-order valence-electron chi connectivity index (χ3n) is 4.55. The molecule has 1 heterocycles. The van der Waals surface area contributed by atoms with Crippen LogP contribution in [-0.2, 0) is 36.0 Å². The molecule has 0 aliphatic heterocycles. The fourth-order valence-corrected chi connectivity index (χ4v) is 2.85. The quantitative estimate of drug-likeness (QED) is 0.429. The topological polar surface area (TPSA) is 110 Å². The third-order valence-corrected chi connectivity index (χ3v) is 4.55. The van der Waals surface area contributed by atoms with Crippen molar-refractivity contribution in [2.45, 2.75) is 26.4 Å². The van der Waals surface area contributed by atoms with Gasteiger partial charge in [-0.15, -0.1) is 0 Å². The fraction of sp³-hybridized carbons (Fsp3) is 0.217. The van der Waals surface area contributed by atoms with Crippen LogP contribution >= 0.6 is 0 Å². The maximum Gasteiger partial charge on any atom is 0.297 e. The predicted octanol–water partition coefficient (Wildman–Crippen LogP) is 2.87. The number of nitrogens with one attached hydrogen (secondary N) is 1. The second-order valence-corrected chi connectivity index (χ2v) is 6.66. The highest BCUT2D eigenvalue weighted by Gasteiger charge is 2.19. The van der Waals surface area contributed by atoms with Crippen molar-refractivity contribution in [3.05, 3.63) is 88.7 Å². The van der Waals surface area contributed by atoms with Crippen LogP contribution in [0.25, 0.3) is 0 Å². The van der Waals surface area contributed by atoms with Gasteiger partial charge >= 0.3 is 0 Å². The van der Waals surface area contributed by atoms with Crippen LogP contribution < -0.4 is 10.2 Å². The lowest BCUT2D eigenvalue weighted by molar-refractivity contribution is 0.0227. The minimum Gasteiger partial charge on any atom is -0.505 e. The van der Waals surface area contributed by atoms with Crippen molar-refractivity contribution >= 4 is 5.91 Å². The SMILES string of the molecule is COc1ccc(COCc2cnc(C(=O)NOCc3ccccc3)c(O)c2CO)cc1. The van der Waals surface area contributed by atoms with Crippen molar-refractivity contribution in [2.24, 2.45) is 0 Å². The number of nitrogens with zero attached hydrogens (tertiary/aromatic N) is 1. The van der Waals surface area contributed by atoms with Crippen LogP contribution in [0.5, 0.6) is 11.5 Å². The number of aromatic nitrogens is 1. The first-order valence-corrected chi connectivity index (χ1v) is 9.59. The summed E-state index contributed by atoms with van der Waals surface area (Å²) in [6.45, 7) is 0.123. The molecule has 0 aliphatic rings. The van der Waals surface area contributed by atoms with Crippen LogP contribution in [0.2, 0.25) is 0 Å². The summed E-state index contributed by atoms with van der Waals surface area (Å²) in [7, 11) is 1.60. The van der Waals surface area contributed by atoms with Gasteiger partial charge in [-0.3, -0.25) is 9.63 Å². The molecule has 0 spiro atoms. The van der Waals surface area contributed by atoms with E-state index in [1.807, 2.05) is 54.6 Å². The summed E-state index contributed by atoms with van der Waals surface area (Å²) in [6, 6.07) is 16.7. The predicted molar refractivity (Wildman–Crippen MR) is 112 cm³/mol. The zero-order valence-electron chi connectivity index (χ0n) is 17.1. The molecular formula is C23H24N2O6. The number of ether oxygens (including phenoxy) is 2. The Morgan fingerprint density at radius 3 is 2.39 bits per heavy atom. The molecule has 0 saturated heterocycles. The van der Waals surface area contributed by atoms with E-state index in [9.17, 15) is 15.0 Å². The number of carbonyl (C=O) groups excluding carboxylic acids is 1. The van der Waals surface area contributed by atoms with Crippen LogP contribution in [0.3, 0.4) is 0 Å². The summed E-state index contributed by atoms with van der Waals surface area (Å²) in [5.41, 5.74) is 4.48. The molecule has 0 fully saturated rings. The molecule has 0 bridgehead atoms. The number of rotatable bonds is 10. The number of hydroxylamine groups is 1. The molecule has 3 N–H and O–H groups in total. The molecule has 0 aliphatic carbocycles. The Bertz CT molecular complexity index is 993. The lowest BCUT2D eigenvalue weighted by atomic mass is 10.1. The number of benzene rings is 2. The maximum atomic E-state index is 12.3. The molecule has 0 unspecified atom stereocenters. The van der Waals surface area contributed by atoms with Gasteiger partial charge < -0.3 is 19.7 Å². The normalized spacial score (nSPS) is 10.6. The minimum absolute atomic E-state index is 0.106. The van der Waals surface area contributed by atoms with Gasteiger partial charge in [-0.05, 0) is 23.3 Å². The van der Waals surface area contributed by atoms with Crippen LogP contribution in [-0.4, -0.2) is 28.2 Å². The van der Waals surface area contributed by atoms with Gasteiger partial charge in [0.2, 0.25) is 0 Å². The number of aliphatic hydroxyl groups excluding tert-OH is 1. The van der Waals surface area contributed by atoms with E-state index in [4.69, 9.17) is 14.3 Å². The van der Waals surface area contributed by atoms with Gasteiger partial charge in [0.15, 0.2) is 11.4 Å². The molecule has 3 aromatic rings. The summed E-state index contributed by atoms with van der Waals surface area (Å²) < 4.78 is 10.8. The molecule has 1 aromatic heterocycles. The molecule has 2 aromatic carbocycles. The lowest BCUT2D eigenvalue weighted by Crippen LogP contribution is -2.25. The second kappa shape index (κ2) is 11.1. The highest BCUT2D eigenvalue weighted by Crippen LogP contribution is 2.25. The van der Waals surface area contributed by atoms with E-state index >= 15 is 0 Å². The highest BCUT2D eigenvalue weighted by atomic mass is 16.6. The monoisotopic (exact) mass is 424 g/mol. The Morgan fingerprint density at radius 2 is 1.71 bits per heavy atom. The van der Waals surface area contributed by atoms with Gasteiger partial charge in [-0.1, -0.05) is 42.5 Å². The van der Waals surface area contributed by atoms with Gasteiger partial charge in [0.1, 0.15) is 5.75 Å². The molecule has 0 radical (unpaired) electrons. The summed E-state index contributed by atoms with van der Waals surface area (Å²) in [5, 5.41) is 20.1. The molecular weight excluding hydrogens is 400 g/mol. The summed E-state index contributed by atoms with van der Waals surface area (Å²) in [6.07, 6.45) is 1.39. The first-order valence-electron chi connectivity index (χ1n) is 9.59. The van der Waals surface area contributed by atoms with Crippen molar-refractivity contribution < 1.29 is 29.3 Å². The Balaban J connectivity index is 1.58. The fourth-order valence-electron chi connectivity index (χ4n) is 2.85. The average molecular weight is 424 g/mol. The van der Waals surface area contributed by atoms with Crippen molar-refractivity contribution in [3.8, 4) is 11.5 Å². The van der Waals surface area contributed by atoms with Crippen LogP contribution in [0.1, 0.15) is 32.7 Å². The van der Waals surface area contributed by atoms with E-state index in [0.29, 0.717) is 12.2 Å². The van der Waals surface area contributed by atoms with E-state index in [2.05, 4.69) is 10.5 Å². The number of aromatic hydroxyl groups is 1. The Hall–Kier alpha value is -3.46. The van der Waals surface area contributed by atoms with Gasteiger partial charge in [0.25, 0.3) is 5.91 Å². The Labute approximate surface area is 180 Å². The van der Waals surface area contributed by atoms with E-state index in [1.54, 1.807) is 7.11 Å². The summed E-state index contributed by atoms with van der Waals surface area (Å²) in [5.74, 6) is -0.371. The molecule has 8 nitrogen and oxygen atoms in total. The molecule has 3 rings (SSSR count). The van der Waals surface area contributed by atoms with Crippen molar-refractivity contribution in [1.82, 2.24) is 10.5 Å². The van der Waals surface area contributed by atoms with Crippen LogP contribution in [0, 0.1) is 0 Å². The first kappa shape index (κ1) is 22.2. The van der Waals surface area contributed by atoms with Crippen molar-refractivity contribution in [2.75, 3.05) is 7.11 Å². The smallest absolute Gasteiger partial charge is 0.297 e. The van der Waals surface area contributed by atoms with Gasteiger partial charge in [-0.2, -0.15) is 0 Å². The number of amides is 1. The average Bonchev–Trinajstić information content (AvgIpc) is 2.80. The minimum atomic E-state index is -0.714. The standard InChI is InChI=1S/C23H24N2O6/c1-29-19-9-7-17(8-10-19)13-30-15-18-11-24-21(22(27)20(18)12-26)23(28)25-31-14-16-5-3-2-4-6-16/h2-11,26-27H,12-15H2,1H3,(H,25,28). The molecule has 162 valence electrons. The van der Waals surface area contributed by atoms with E-state index in [0.717, 1.165) is 16.9 Å². The zero-order valence-corrected chi connectivity index (χ0v) is 17.1. The van der Waals surface area contributed by atoms with Crippen LogP contribution in [0.15, 0.2) is 60.8 Å². The van der Waals surface area contributed by atoms with E-state index in [1.165, 1.54) is 6.20 Å². The number of aliphatic hydroxyl groups is 1. The first-order chi connectivity index (χ1) is 15.1. The summed E-state index contributed by atoms with van der Waals surface area (Å²) in [4.78, 5) is 21.5. The molecule has 8 heteroatoms. The molecule has 31 heavy (non-hydrogen) atoms. The maximum absolute atomic E-state index is 12.3. The van der Waals surface area contributed by atoms with E-state index in [-0.39, 0.29) is 24.5 Å². The number of pyridine rings is 1. The van der Waals surface area contributed by atoms with Crippen molar-refractivity contribution in [3.63, 3.8) is 0 Å². The van der Waals surface area contributed by atoms with Gasteiger partial charge in [0.05, 0.1) is 33.5 Å². The number of carbonyl (C=O) groups is 1. The zero-order chi connectivity index (χ0) is 22.1. The largest absolute Gasteiger partial charge is 0.505 e. The molecule has 0 atom stereocenters. The Morgan fingerprint density at radius 1 is 1.00 bits per heavy atom. The van der Waals surface area contributed by atoms with Gasteiger partial charge in [0, 0.05) is 17.3 Å². The van der Waals surface area contributed by atoms with E-state index < -0.39 is 18.3 Å². The lowest BCUT2D eigenvalue weighted by Gasteiger charge is -2.13. The van der Waals surface area contributed by atoms with Gasteiger partial charge in [-0.25, -0.2) is 10.5 Å². The number of hydrogen-bond acceptors (Lipinski definition) is 7.